The van der Waals surface area contributed by atoms with E-state index in [1.165, 1.54) is 0 Å². The molecule has 1 aliphatic heterocycles. The second-order valence-corrected chi connectivity index (χ2v) is 9.66. The summed E-state index contributed by atoms with van der Waals surface area (Å²) in [7, 11) is -1.06. The van der Waals surface area contributed by atoms with Crippen LogP contribution in [0.15, 0.2) is 24.3 Å². The number of aromatic nitrogens is 3. The summed E-state index contributed by atoms with van der Waals surface area (Å²) in [5, 5.41) is 5.29. The highest BCUT2D eigenvalue weighted by Crippen LogP contribution is 2.26. The van der Waals surface area contributed by atoms with Crippen molar-refractivity contribution in [2.24, 2.45) is 7.05 Å². The standard InChI is InChI=1S/C17H23ClN4O2S2/c1-3-9-21(13-8-10-26(23,24)11-13)12-22-17(25)20(2)16(19-22)14-6-4-5-7-15(14)18/h4-7,13H,3,8-12H2,1-2H3/t13-/m1/s1. The maximum atomic E-state index is 11.9. The van der Waals surface area contributed by atoms with Crippen molar-refractivity contribution in [2.75, 3.05) is 18.1 Å². The fraction of sp³-hybridized carbons (Fsp3) is 0.529. The van der Waals surface area contributed by atoms with Crippen molar-refractivity contribution in [3.05, 3.63) is 34.1 Å². The van der Waals surface area contributed by atoms with Gasteiger partial charge in [0.25, 0.3) is 0 Å². The van der Waals surface area contributed by atoms with Gasteiger partial charge >= 0.3 is 0 Å². The molecule has 0 unspecified atom stereocenters. The Hall–Kier alpha value is -1.22. The Morgan fingerprint density at radius 2 is 2.12 bits per heavy atom. The zero-order valence-electron chi connectivity index (χ0n) is 14.9. The maximum Gasteiger partial charge on any atom is 0.199 e. The maximum absolute atomic E-state index is 11.9. The van der Waals surface area contributed by atoms with Gasteiger partial charge in [0.15, 0.2) is 20.4 Å². The number of hydrogen-bond donors (Lipinski definition) is 0. The normalized spacial score (nSPS) is 19.3. The zero-order valence-corrected chi connectivity index (χ0v) is 17.3. The van der Waals surface area contributed by atoms with E-state index in [4.69, 9.17) is 23.8 Å². The van der Waals surface area contributed by atoms with Crippen LogP contribution in [0.1, 0.15) is 19.8 Å². The highest BCUT2D eigenvalue weighted by atomic mass is 35.5. The molecule has 0 radical (unpaired) electrons. The van der Waals surface area contributed by atoms with Crippen molar-refractivity contribution in [1.29, 1.82) is 0 Å². The summed E-state index contributed by atoms with van der Waals surface area (Å²) >= 11 is 11.9. The number of rotatable bonds is 6. The first kappa shape index (κ1) is 19.5. The first-order valence-electron chi connectivity index (χ1n) is 8.65. The van der Waals surface area contributed by atoms with Gasteiger partial charge in [-0.15, -0.1) is 0 Å². The molecule has 0 N–H and O–H groups in total. The Morgan fingerprint density at radius 3 is 2.73 bits per heavy atom. The van der Waals surface area contributed by atoms with Gasteiger partial charge in [-0.05, 0) is 43.7 Å². The minimum absolute atomic E-state index is 0.0209. The molecule has 142 valence electrons. The fourth-order valence-corrected chi connectivity index (χ4v) is 5.52. The summed E-state index contributed by atoms with van der Waals surface area (Å²) in [5.41, 5.74) is 0.826. The molecule has 1 aromatic heterocycles. The predicted molar refractivity (Wildman–Crippen MR) is 107 cm³/mol. The van der Waals surface area contributed by atoms with Gasteiger partial charge < -0.3 is 4.57 Å². The summed E-state index contributed by atoms with van der Waals surface area (Å²) in [4.78, 5) is 2.17. The van der Waals surface area contributed by atoms with Crippen LogP contribution in [0.3, 0.4) is 0 Å². The molecule has 1 saturated heterocycles. The molecule has 9 heteroatoms. The Kier molecular flexibility index (Phi) is 5.86. The van der Waals surface area contributed by atoms with E-state index in [9.17, 15) is 8.42 Å². The van der Waals surface area contributed by atoms with Crippen LogP contribution >= 0.6 is 23.8 Å². The molecule has 1 atom stereocenters. The Morgan fingerprint density at radius 1 is 1.38 bits per heavy atom. The van der Waals surface area contributed by atoms with Crippen molar-refractivity contribution in [3.8, 4) is 11.4 Å². The predicted octanol–water partition coefficient (Wildman–Crippen LogP) is 3.13. The van der Waals surface area contributed by atoms with Crippen molar-refractivity contribution in [3.63, 3.8) is 0 Å². The van der Waals surface area contributed by atoms with Crippen LogP contribution in [0, 0.1) is 4.77 Å². The molecule has 1 aromatic carbocycles. The van der Waals surface area contributed by atoms with Crippen LogP contribution in [0.25, 0.3) is 11.4 Å². The van der Waals surface area contributed by atoms with Crippen LogP contribution in [0.2, 0.25) is 5.02 Å². The molecular formula is C17H23ClN4O2S2. The molecule has 0 amide bonds. The Balaban J connectivity index is 1.90. The number of hydrogen-bond acceptors (Lipinski definition) is 5. The van der Waals surface area contributed by atoms with E-state index in [-0.39, 0.29) is 17.5 Å². The summed E-state index contributed by atoms with van der Waals surface area (Å²) < 4.78 is 27.9. The van der Waals surface area contributed by atoms with Gasteiger partial charge in [0.1, 0.15) is 0 Å². The first-order valence-corrected chi connectivity index (χ1v) is 11.3. The third-order valence-electron chi connectivity index (χ3n) is 4.71. The number of benzene rings is 1. The van der Waals surface area contributed by atoms with Gasteiger partial charge in [-0.3, -0.25) is 4.90 Å². The molecule has 0 aliphatic carbocycles. The van der Waals surface area contributed by atoms with Crippen molar-refractivity contribution in [1.82, 2.24) is 19.2 Å². The lowest BCUT2D eigenvalue weighted by molar-refractivity contribution is 0.155. The Bertz CT molecular complexity index is 952. The van der Waals surface area contributed by atoms with E-state index in [1.54, 1.807) is 4.68 Å². The average molecular weight is 415 g/mol. The number of halogens is 1. The molecule has 0 bridgehead atoms. The van der Waals surface area contributed by atoms with Crippen LogP contribution in [0.4, 0.5) is 0 Å². The van der Waals surface area contributed by atoms with Gasteiger partial charge in [-0.25, -0.2) is 13.1 Å². The van der Waals surface area contributed by atoms with E-state index in [0.29, 0.717) is 28.7 Å². The van der Waals surface area contributed by atoms with Gasteiger partial charge in [-0.2, -0.15) is 5.10 Å². The fourth-order valence-electron chi connectivity index (χ4n) is 3.35. The van der Waals surface area contributed by atoms with Crippen molar-refractivity contribution < 1.29 is 8.42 Å². The molecule has 3 rings (SSSR count). The van der Waals surface area contributed by atoms with Crippen molar-refractivity contribution in [2.45, 2.75) is 32.5 Å². The molecule has 1 fully saturated rings. The van der Waals surface area contributed by atoms with E-state index >= 15 is 0 Å². The monoisotopic (exact) mass is 414 g/mol. The SMILES string of the molecule is CCCN(Cn1nc(-c2ccccc2Cl)n(C)c1=S)[C@@H]1CCS(=O)(=O)C1. The topological polar surface area (TPSA) is 60.1 Å². The third kappa shape index (κ3) is 4.03. The van der Waals surface area contributed by atoms with E-state index in [0.717, 1.165) is 18.5 Å². The highest BCUT2D eigenvalue weighted by Gasteiger charge is 2.32. The van der Waals surface area contributed by atoms with E-state index in [1.807, 2.05) is 35.9 Å². The van der Waals surface area contributed by atoms with Gasteiger partial charge in [0.05, 0.1) is 23.2 Å². The molecule has 6 nitrogen and oxygen atoms in total. The molecule has 0 saturated carbocycles. The van der Waals surface area contributed by atoms with Gasteiger partial charge in [0, 0.05) is 18.7 Å². The highest BCUT2D eigenvalue weighted by molar-refractivity contribution is 7.91. The molecule has 2 aromatic rings. The summed E-state index contributed by atoms with van der Waals surface area (Å²) in [6.07, 6.45) is 1.61. The molecular weight excluding hydrogens is 392 g/mol. The van der Waals surface area contributed by atoms with Crippen molar-refractivity contribution >= 4 is 33.7 Å². The van der Waals surface area contributed by atoms with E-state index < -0.39 is 9.84 Å². The zero-order chi connectivity index (χ0) is 18.9. The lowest BCUT2D eigenvalue weighted by atomic mass is 10.2. The summed E-state index contributed by atoms with van der Waals surface area (Å²) in [5.74, 6) is 1.18. The molecule has 0 spiro atoms. The number of sulfone groups is 1. The lowest BCUT2D eigenvalue weighted by Gasteiger charge is -2.27. The van der Waals surface area contributed by atoms with Gasteiger partial charge in [-0.1, -0.05) is 30.7 Å². The van der Waals surface area contributed by atoms with Crippen LogP contribution in [-0.4, -0.2) is 51.8 Å². The number of nitrogens with zero attached hydrogens (tertiary/aromatic N) is 4. The van der Waals surface area contributed by atoms with Gasteiger partial charge in [0.2, 0.25) is 0 Å². The first-order chi connectivity index (χ1) is 12.3. The molecule has 1 aliphatic rings. The van der Waals surface area contributed by atoms with Crippen LogP contribution in [-0.2, 0) is 23.6 Å². The summed E-state index contributed by atoms with van der Waals surface area (Å²) in [6.45, 7) is 3.37. The quantitative estimate of drug-likeness (QED) is 0.679. The smallest absolute Gasteiger partial charge is 0.199 e. The molecule has 2 heterocycles. The van der Waals surface area contributed by atoms with Crippen LogP contribution < -0.4 is 0 Å². The molecule has 26 heavy (non-hydrogen) atoms. The second kappa shape index (κ2) is 7.80. The summed E-state index contributed by atoms with van der Waals surface area (Å²) in [6, 6.07) is 7.55. The second-order valence-electron chi connectivity index (χ2n) is 6.66. The average Bonchev–Trinajstić information content (AvgIpc) is 3.09. The Labute approximate surface area is 164 Å². The van der Waals surface area contributed by atoms with Crippen LogP contribution in [0.5, 0.6) is 0 Å². The minimum Gasteiger partial charge on any atom is -0.303 e. The lowest BCUT2D eigenvalue weighted by Crippen LogP contribution is -2.38. The third-order valence-corrected chi connectivity index (χ3v) is 7.27. The minimum atomic E-state index is -2.93. The van der Waals surface area contributed by atoms with E-state index in [2.05, 4.69) is 16.9 Å². The largest absolute Gasteiger partial charge is 0.303 e.